The van der Waals surface area contributed by atoms with Crippen molar-refractivity contribution >= 4 is 29.3 Å². The van der Waals surface area contributed by atoms with Gasteiger partial charge in [0.25, 0.3) is 0 Å². The van der Waals surface area contributed by atoms with E-state index >= 15 is 0 Å². The van der Waals surface area contributed by atoms with Crippen LogP contribution in [-0.4, -0.2) is 24.2 Å². The van der Waals surface area contributed by atoms with Gasteiger partial charge in [0.2, 0.25) is 5.91 Å². The van der Waals surface area contributed by atoms with Gasteiger partial charge in [0, 0.05) is 12.6 Å². The second-order valence-electron chi connectivity index (χ2n) is 5.94. The Balaban J connectivity index is 1.69. The largest absolute Gasteiger partial charge is 0.494 e. The zero-order valence-electron chi connectivity index (χ0n) is 14.7. The number of hydrogen-bond acceptors (Lipinski definition) is 3. The Morgan fingerprint density at radius 3 is 2.76 bits per heavy atom. The molecule has 2 N–H and O–H groups in total. The molecule has 1 amide bonds. The van der Waals surface area contributed by atoms with Gasteiger partial charge in [-0.25, -0.2) is 0 Å². The smallest absolute Gasteiger partial charge is 0.250 e. The van der Waals surface area contributed by atoms with Crippen LogP contribution in [0.5, 0.6) is 5.75 Å². The summed E-state index contributed by atoms with van der Waals surface area (Å²) >= 11 is 5.16. The summed E-state index contributed by atoms with van der Waals surface area (Å²) in [6.07, 6.45) is 11.5. The lowest BCUT2D eigenvalue weighted by atomic mass is 9.97. The number of carbonyl (C=O) groups excluding carboxylic acids is 1. The molecule has 0 saturated heterocycles. The highest BCUT2D eigenvalue weighted by molar-refractivity contribution is 7.80. The van der Waals surface area contributed by atoms with Crippen LogP contribution in [0.25, 0.3) is 6.08 Å². The van der Waals surface area contributed by atoms with Crippen LogP contribution >= 0.6 is 12.2 Å². The highest BCUT2D eigenvalue weighted by Crippen LogP contribution is 2.19. The van der Waals surface area contributed by atoms with Crippen molar-refractivity contribution in [1.29, 1.82) is 0 Å². The Kier molecular flexibility index (Phi) is 8.19. The van der Waals surface area contributed by atoms with Crippen molar-refractivity contribution in [3.63, 3.8) is 0 Å². The van der Waals surface area contributed by atoms with Crippen LogP contribution in [0.4, 0.5) is 0 Å². The van der Waals surface area contributed by atoms with Gasteiger partial charge in [0.05, 0.1) is 6.61 Å². The number of ether oxygens (including phenoxy) is 1. The van der Waals surface area contributed by atoms with E-state index in [1.165, 1.54) is 37.3 Å². The van der Waals surface area contributed by atoms with E-state index in [-0.39, 0.29) is 5.91 Å². The number of hydrogen-bond donors (Lipinski definition) is 2. The van der Waals surface area contributed by atoms with E-state index in [2.05, 4.69) is 16.7 Å². The molecule has 0 heterocycles. The van der Waals surface area contributed by atoms with E-state index in [1.54, 1.807) is 6.08 Å². The summed E-state index contributed by atoms with van der Waals surface area (Å²) in [6, 6.07) is 7.58. The van der Waals surface area contributed by atoms with E-state index in [1.807, 2.05) is 31.2 Å². The molecule has 134 valence electrons. The molecule has 0 fully saturated rings. The second kappa shape index (κ2) is 10.7. The first kappa shape index (κ1) is 19.2. The number of carbonyl (C=O) groups is 1. The summed E-state index contributed by atoms with van der Waals surface area (Å²) in [7, 11) is 0. The normalized spacial score (nSPS) is 14.0. The van der Waals surface area contributed by atoms with Gasteiger partial charge in [0.1, 0.15) is 5.75 Å². The Morgan fingerprint density at radius 1 is 1.28 bits per heavy atom. The predicted octanol–water partition coefficient (Wildman–Crippen LogP) is 3.98. The third-order valence-corrected chi connectivity index (χ3v) is 4.22. The number of benzene rings is 1. The fourth-order valence-electron chi connectivity index (χ4n) is 2.68. The van der Waals surface area contributed by atoms with Gasteiger partial charge in [-0.05, 0) is 75.0 Å². The van der Waals surface area contributed by atoms with Crippen LogP contribution in [0.3, 0.4) is 0 Å². The van der Waals surface area contributed by atoms with Crippen molar-refractivity contribution in [2.45, 2.75) is 39.0 Å². The van der Waals surface area contributed by atoms with Gasteiger partial charge in [-0.3, -0.25) is 10.1 Å². The number of rotatable bonds is 7. The molecule has 0 bridgehead atoms. The summed E-state index contributed by atoms with van der Waals surface area (Å²) in [4.78, 5) is 11.9. The van der Waals surface area contributed by atoms with Crippen LogP contribution in [0.15, 0.2) is 42.0 Å². The molecule has 4 nitrogen and oxygen atoms in total. The zero-order valence-corrected chi connectivity index (χ0v) is 15.5. The maximum Gasteiger partial charge on any atom is 0.250 e. The number of nitrogens with one attached hydrogen (secondary N) is 2. The maximum absolute atomic E-state index is 11.9. The Morgan fingerprint density at radius 2 is 2.08 bits per heavy atom. The van der Waals surface area contributed by atoms with Gasteiger partial charge in [0.15, 0.2) is 5.11 Å². The molecule has 1 aromatic rings. The van der Waals surface area contributed by atoms with Gasteiger partial charge < -0.3 is 10.1 Å². The molecule has 25 heavy (non-hydrogen) atoms. The van der Waals surface area contributed by atoms with Crippen molar-refractivity contribution in [2.24, 2.45) is 0 Å². The summed E-state index contributed by atoms with van der Waals surface area (Å²) < 4.78 is 5.39. The SMILES string of the molecule is CCOc1ccc(/C=C/C(=O)NC(=S)NCCC2=CCCCC2)cc1. The molecule has 0 radical (unpaired) electrons. The first-order chi connectivity index (χ1) is 12.2. The molecule has 1 aliphatic rings. The molecule has 0 unspecified atom stereocenters. The molecule has 0 aromatic heterocycles. The minimum atomic E-state index is -0.233. The molecule has 1 aromatic carbocycles. The fourth-order valence-corrected chi connectivity index (χ4v) is 2.88. The monoisotopic (exact) mass is 358 g/mol. The Labute approximate surface area is 155 Å². The van der Waals surface area contributed by atoms with Crippen LogP contribution in [0.2, 0.25) is 0 Å². The number of thiocarbonyl (C=S) groups is 1. The number of allylic oxidation sites excluding steroid dienone is 1. The lowest BCUT2D eigenvalue weighted by Crippen LogP contribution is -2.38. The molecule has 1 aliphatic carbocycles. The molecule has 0 spiro atoms. The summed E-state index contributed by atoms with van der Waals surface area (Å²) in [5.41, 5.74) is 2.42. The van der Waals surface area contributed by atoms with Crippen LogP contribution < -0.4 is 15.4 Å². The average Bonchev–Trinajstić information content (AvgIpc) is 2.62. The van der Waals surface area contributed by atoms with Crippen molar-refractivity contribution in [3.05, 3.63) is 47.6 Å². The highest BCUT2D eigenvalue weighted by Gasteiger charge is 2.04. The predicted molar refractivity (Wildman–Crippen MR) is 107 cm³/mol. The summed E-state index contributed by atoms with van der Waals surface area (Å²) in [5.74, 6) is 0.589. The molecular weight excluding hydrogens is 332 g/mol. The molecule has 2 rings (SSSR count). The van der Waals surface area contributed by atoms with Gasteiger partial charge in [-0.1, -0.05) is 23.8 Å². The number of amides is 1. The van der Waals surface area contributed by atoms with Gasteiger partial charge >= 0.3 is 0 Å². The quantitative estimate of drug-likeness (QED) is 0.440. The Bertz CT molecular complexity index is 636. The second-order valence-corrected chi connectivity index (χ2v) is 6.35. The van der Waals surface area contributed by atoms with E-state index < -0.39 is 0 Å². The molecule has 0 aliphatic heterocycles. The molecular formula is C20H26N2O2S. The minimum Gasteiger partial charge on any atom is -0.494 e. The fraction of sp³-hybridized carbons (Fsp3) is 0.400. The van der Waals surface area contributed by atoms with Crippen molar-refractivity contribution in [1.82, 2.24) is 10.6 Å². The lowest BCUT2D eigenvalue weighted by Gasteiger charge is -2.13. The van der Waals surface area contributed by atoms with Gasteiger partial charge in [-0.15, -0.1) is 0 Å². The lowest BCUT2D eigenvalue weighted by molar-refractivity contribution is -0.115. The van der Waals surface area contributed by atoms with E-state index in [9.17, 15) is 4.79 Å². The molecule has 5 heteroatoms. The molecule has 0 atom stereocenters. The first-order valence-corrected chi connectivity index (χ1v) is 9.26. The van der Waals surface area contributed by atoms with Crippen molar-refractivity contribution in [3.8, 4) is 5.75 Å². The highest BCUT2D eigenvalue weighted by atomic mass is 32.1. The Hall–Kier alpha value is -2.14. The van der Waals surface area contributed by atoms with Crippen molar-refractivity contribution in [2.75, 3.05) is 13.2 Å². The standard InChI is InChI=1S/C20H26N2O2S/c1-2-24-18-11-8-17(9-12-18)10-13-19(23)22-20(25)21-15-14-16-6-4-3-5-7-16/h6,8-13H,2-5,7,14-15H2,1H3,(H2,21,22,23,25)/b13-10+. The van der Waals surface area contributed by atoms with Crippen LogP contribution in [0, 0.1) is 0 Å². The van der Waals surface area contributed by atoms with E-state index in [0.29, 0.717) is 11.7 Å². The average molecular weight is 359 g/mol. The summed E-state index contributed by atoms with van der Waals surface area (Å²) in [5, 5.41) is 6.13. The van der Waals surface area contributed by atoms with Crippen LogP contribution in [-0.2, 0) is 4.79 Å². The topological polar surface area (TPSA) is 50.4 Å². The summed E-state index contributed by atoms with van der Waals surface area (Å²) in [6.45, 7) is 3.34. The first-order valence-electron chi connectivity index (χ1n) is 8.85. The third-order valence-electron chi connectivity index (χ3n) is 3.97. The molecule has 0 saturated carbocycles. The maximum atomic E-state index is 11.9. The van der Waals surface area contributed by atoms with Crippen molar-refractivity contribution < 1.29 is 9.53 Å². The van der Waals surface area contributed by atoms with Gasteiger partial charge in [-0.2, -0.15) is 0 Å². The zero-order chi connectivity index (χ0) is 17.9. The van der Waals surface area contributed by atoms with E-state index in [0.717, 1.165) is 24.3 Å². The van der Waals surface area contributed by atoms with E-state index in [4.69, 9.17) is 17.0 Å². The van der Waals surface area contributed by atoms with Crippen LogP contribution in [0.1, 0.15) is 44.6 Å². The minimum absolute atomic E-state index is 0.233. The third kappa shape index (κ3) is 7.52.